The van der Waals surface area contributed by atoms with E-state index in [2.05, 4.69) is 0 Å². The zero-order valence-electron chi connectivity index (χ0n) is 16.2. The summed E-state index contributed by atoms with van der Waals surface area (Å²) < 4.78 is 48.0. The van der Waals surface area contributed by atoms with E-state index in [9.17, 15) is 23.3 Å². The van der Waals surface area contributed by atoms with Crippen LogP contribution in [0.5, 0.6) is 5.75 Å². The van der Waals surface area contributed by atoms with E-state index in [1.165, 1.54) is 6.92 Å². The molecule has 0 aliphatic heterocycles. The molecule has 152 valence electrons. The van der Waals surface area contributed by atoms with Crippen LogP contribution in [0.25, 0.3) is 11.1 Å². The van der Waals surface area contributed by atoms with Gasteiger partial charge in [0.15, 0.2) is 0 Å². The maximum Gasteiger partial charge on any atom is 0.308 e. The fourth-order valence-corrected chi connectivity index (χ4v) is 2.60. The smallest absolute Gasteiger partial charge is 0.308 e. The molecule has 0 heterocycles. The summed E-state index contributed by atoms with van der Waals surface area (Å²) in [6.45, 7) is 5.41. The van der Waals surface area contributed by atoms with Crippen molar-refractivity contribution in [2.75, 3.05) is 0 Å². The number of nitro groups is 1. The Kier molecular flexibility index (Phi) is 7.36. The highest BCUT2D eigenvalue weighted by molar-refractivity contribution is 5.73. The number of aryl methyl sites for hydroxylation is 1. The van der Waals surface area contributed by atoms with Crippen molar-refractivity contribution in [2.45, 2.75) is 27.4 Å². The van der Waals surface area contributed by atoms with E-state index < -0.39 is 28.1 Å². The molecule has 0 saturated carbocycles. The Labute approximate surface area is 166 Å². The minimum Gasteiger partial charge on any atom is -0.488 e. The van der Waals surface area contributed by atoms with Crippen molar-refractivity contribution in [1.29, 1.82) is 0 Å². The van der Waals surface area contributed by atoms with Gasteiger partial charge < -0.3 is 4.74 Å². The lowest BCUT2D eigenvalue weighted by Crippen LogP contribution is -2.01. The van der Waals surface area contributed by atoms with Gasteiger partial charge in [0.2, 0.25) is 5.82 Å². The third kappa shape index (κ3) is 5.13. The first-order chi connectivity index (χ1) is 13.9. The monoisotopic (exact) mass is 403 g/mol. The number of ether oxygens (including phenoxy) is 1. The lowest BCUT2D eigenvalue weighted by atomic mass is 10.0. The minimum absolute atomic E-state index is 0.0204. The van der Waals surface area contributed by atoms with Crippen molar-refractivity contribution in [2.24, 2.45) is 0 Å². The Morgan fingerprint density at radius 1 is 0.897 bits per heavy atom. The molecular weight excluding hydrogens is 383 g/mol. The van der Waals surface area contributed by atoms with Crippen LogP contribution < -0.4 is 4.74 Å². The molecule has 0 saturated heterocycles. The van der Waals surface area contributed by atoms with E-state index in [1.807, 2.05) is 19.9 Å². The van der Waals surface area contributed by atoms with Crippen molar-refractivity contribution in [3.05, 3.63) is 93.3 Å². The van der Waals surface area contributed by atoms with E-state index in [-0.39, 0.29) is 29.0 Å². The predicted octanol–water partition coefficient (Wildman–Crippen LogP) is 6.59. The van der Waals surface area contributed by atoms with Gasteiger partial charge in [-0.3, -0.25) is 10.1 Å². The summed E-state index contributed by atoms with van der Waals surface area (Å²) in [5.41, 5.74) is -0.313. The van der Waals surface area contributed by atoms with Gasteiger partial charge in [0.05, 0.1) is 11.0 Å². The number of nitrogens with zero attached hydrogens (tertiary/aromatic N) is 1. The molecule has 0 aromatic heterocycles. The second-order valence-electron chi connectivity index (χ2n) is 5.91. The second kappa shape index (κ2) is 9.73. The molecule has 3 aromatic carbocycles. The Hall–Kier alpha value is -3.35. The zero-order valence-corrected chi connectivity index (χ0v) is 16.2. The largest absolute Gasteiger partial charge is 0.488 e. The standard InChI is InChI=1S/C20H14F3NO3.C2H6/c1-12-7-17(22)14(8-16(12)21)15-9-18(23)19(24(25)26)10-20(15)27-11-13-5-3-2-4-6-13;1-2/h2-10H,11H2,1H3;1-2H3. The van der Waals surface area contributed by atoms with Crippen molar-refractivity contribution in [3.63, 3.8) is 0 Å². The van der Waals surface area contributed by atoms with E-state index in [4.69, 9.17) is 4.74 Å². The van der Waals surface area contributed by atoms with Gasteiger partial charge >= 0.3 is 5.69 Å². The number of halogens is 3. The second-order valence-corrected chi connectivity index (χ2v) is 5.91. The highest BCUT2D eigenvalue weighted by Crippen LogP contribution is 2.37. The van der Waals surface area contributed by atoms with Crippen LogP contribution in [0.15, 0.2) is 54.6 Å². The molecule has 3 rings (SSSR count). The van der Waals surface area contributed by atoms with Crippen molar-refractivity contribution in [3.8, 4) is 16.9 Å². The molecule has 0 N–H and O–H groups in total. The SMILES string of the molecule is CC.Cc1cc(F)c(-c2cc(F)c([N+](=O)[O-])cc2OCc2ccccc2)cc1F. The fraction of sp³-hybridized carbons (Fsp3) is 0.182. The summed E-state index contributed by atoms with van der Waals surface area (Å²) in [7, 11) is 0. The first-order valence-corrected chi connectivity index (χ1v) is 8.97. The van der Waals surface area contributed by atoms with Gasteiger partial charge in [-0.15, -0.1) is 0 Å². The van der Waals surface area contributed by atoms with Crippen LogP contribution in [-0.4, -0.2) is 4.92 Å². The Bertz CT molecular complexity index is 1010. The third-order valence-corrected chi connectivity index (χ3v) is 4.02. The van der Waals surface area contributed by atoms with Crippen LogP contribution in [0.3, 0.4) is 0 Å². The molecule has 0 aliphatic carbocycles. The molecule has 0 bridgehead atoms. The Morgan fingerprint density at radius 2 is 1.52 bits per heavy atom. The molecule has 0 amide bonds. The molecule has 3 aromatic rings. The average molecular weight is 403 g/mol. The summed E-state index contributed by atoms with van der Waals surface area (Å²) >= 11 is 0. The molecular formula is C22H20F3NO3. The first-order valence-electron chi connectivity index (χ1n) is 8.97. The van der Waals surface area contributed by atoms with Gasteiger partial charge in [0.25, 0.3) is 0 Å². The van der Waals surface area contributed by atoms with Crippen LogP contribution in [0, 0.1) is 34.5 Å². The zero-order chi connectivity index (χ0) is 21.6. The normalized spacial score (nSPS) is 10.1. The van der Waals surface area contributed by atoms with Crippen molar-refractivity contribution < 1.29 is 22.8 Å². The lowest BCUT2D eigenvalue weighted by molar-refractivity contribution is -0.387. The van der Waals surface area contributed by atoms with Crippen LogP contribution >= 0.6 is 0 Å². The maximum absolute atomic E-state index is 14.4. The highest BCUT2D eigenvalue weighted by atomic mass is 19.1. The Morgan fingerprint density at radius 3 is 2.14 bits per heavy atom. The van der Waals surface area contributed by atoms with Gasteiger partial charge in [-0.1, -0.05) is 44.2 Å². The fourth-order valence-electron chi connectivity index (χ4n) is 2.60. The summed E-state index contributed by atoms with van der Waals surface area (Å²) in [4.78, 5) is 10.1. The van der Waals surface area contributed by atoms with E-state index in [0.717, 1.165) is 29.8 Å². The van der Waals surface area contributed by atoms with Crippen molar-refractivity contribution >= 4 is 5.69 Å². The lowest BCUT2D eigenvalue weighted by Gasteiger charge is -2.14. The average Bonchev–Trinajstić information content (AvgIpc) is 2.71. The molecule has 0 radical (unpaired) electrons. The van der Waals surface area contributed by atoms with Gasteiger partial charge in [-0.2, -0.15) is 4.39 Å². The van der Waals surface area contributed by atoms with Gasteiger partial charge in [0, 0.05) is 11.1 Å². The van der Waals surface area contributed by atoms with Gasteiger partial charge in [-0.25, -0.2) is 8.78 Å². The Balaban J connectivity index is 0.00000145. The molecule has 0 unspecified atom stereocenters. The topological polar surface area (TPSA) is 52.4 Å². The number of hydrogen-bond donors (Lipinski definition) is 0. The summed E-state index contributed by atoms with van der Waals surface area (Å²) in [6, 6.07) is 12.5. The maximum atomic E-state index is 14.4. The molecule has 0 atom stereocenters. The molecule has 4 nitrogen and oxygen atoms in total. The number of nitro benzene ring substituents is 1. The van der Waals surface area contributed by atoms with Crippen LogP contribution in [0.4, 0.5) is 18.9 Å². The number of benzene rings is 3. The molecule has 0 aliphatic rings. The number of rotatable bonds is 5. The third-order valence-electron chi connectivity index (χ3n) is 4.02. The summed E-state index contributed by atoms with van der Waals surface area (Å²) in [6.07, 6.45) is 0. The van der Waals surface area contributed by atoms with Crippen molar-refractivity contribution in [1.82, 2.24) is 0 Å². The molecule has 7 heteroatoms. The summed E-state index contributed by atoms with van der Waals surface area (Å²) in [5, 5.41) is 11.0. The summed E-state index contributed by atoms with van der Waals surface area (Å²) in [5.74, 6) is -2.75. The quantitative estimate of drug-likeness (QED) is 0.357. The minimum atomic E-state index is -1.16. The van der Waals surface area contributed by atoms with Gasteiger partial charge in [-0.05, 0) is 36.2 Å². The molecule has 29 heavy (non-hydrogen) atoms. The van der Waals surface area contributed by atoms with Crippen LogP contribution in [0.1, 0.15) is 25.0 Å². The van der Waals surface area contributed by atoms with Gasteiger partial charge in [0.1, 0.15) is 24.0 Å². The number of hydrogen-bond acceptors (Lipinski definition) is 3. The van der Waals surface area contributed by atoms with Crippen LogP contribution in [0.2, 0.25) is 0 Å². The first kappa shape index (κ1) is 21.9. The highest BCUT2D eigenvalue weighted by Gasteiger charge is 2.22. The molecule has 0 spiro atoms. The van der Waals surface area contributed by atoms with E-state index in [1.54, 1.807) is 24.3 Å². The van der Waals surface area contributed by atoms with E-state index in [0.29, 0.717) is 0 Å². The van der Waals surface area contributed by atoms with Crippen LogP contribution in [-0.2, 0) is 6.61 Å². The van der Waals surface area contributed by atoms with E-state index >= 15 is 0 Å². The molecule has 0 fully saturated rings. The predicted molar refractivity (Wildman–Crippen MR) is 105 cm³/mol.